The van der Waals surface area contributed by atoms with Crippen molar-refractivity contribution in [2.45, 2.75) is 25.8 Å². The standard InChI is InChI=1S/C16H19NO2S/c1-17(16(19)15-13-5-2-6-14(13)15)9-11-8-12(20-10-11)4-3-7-18/h8,10,13-15,18H,2,5-7,9H2,1H3. The van der Waals surface area contributed by atoms with E-state index < -0.39 is 0 Å². The van der Waals surface area contributed by atoms with Gasteiger partial charge >= 0.3 is 0 Å². The Hall–Kier alpha value is -1.31. The molecule has 2 fully saturated rings. The van der Waals surface area contributed by atoms with Crippen LogP contribution in [0, 0.1) is 29.6 Å². The number of amides is 1. The van der Waals surface area contributed by atoms with Crippen LogP contribution in [0.15, 0.2) is 11.4 Å². The molecule has 20 heavy (non-hydrogen) atoms. The average molecular weight is 289 g/mol. The first kappa shape index (κ1) is 13.7. The number of fused-ring (bicyclic) bond motifs is 1. The van der Waals surface area contributed by atoms with Gasteiger partial charge in [-0.15, -0.1) is 11.3 Å². The lowest BCUT2D eigenvalue weighted by Gasteiger charge is -2.17. The second-order valence-electron chi connectivity index (χ2n) is 5.76. The summed E-state index contributed by atoms with van der Waals surface area (Å²) in [5.41, 5.74) is 1.12. The first-order chi connectivity index (χ1) is 9.70. The lowest BCUT2D eigenvalue weighted by atomic mass is 10.1. The monoisotopic (exact) mass is 289 g/mol. The van der Waals surface area contributed by atoms with Crippen molar-refractivity contribution in [1.82, 2.24) is 4.90 Å². The molecule has 2 saturated carbocycles. The molecule has 1 aromatic rings. The van der Waals surface area contributed by atoms with E-state index in [9.17, 15) is 4.79 Å². The number of carbonyl (C=O) groups is 1. The van der Waals surface area contributed by atoms with Crippen molar-refractivity contribution < 1.29 is 9.90 Å². The molecule has 0 aromatic carbocycles. The molecule has 2 unspecified atom stereocenters. The highest BCUT2D eigenvalue weighted by Gasteiger charge is 2.57. The first-order valence-electron chi connectivity index (χ1n) is 7.13. The minimum absolute atomic E-state index is 0.115. The third-order valence-electron chi connectivity index (χ3n) is 4.43. The molecule has 1 heterocycles. The maximum absolute atomic E-state index is 12.4. The number of rotatable bonds is 3. The molecule has 0 radical (unpaired) electrons. The number of aliphatic hydroxyl groups excluding tert-OH is 1. The van der Waals surface area contributed by atoms with E-state index in [1.165, 1.54) is 19.3 Å². The van der Waals surface area contributed by atoms with E-state index in [1.54, 1.807) is 11.3 Å². The van der Waals surface area contributed by atoms with Gasteiger partial charge in [0.1, 0.15) is 6.61 Å². The minimum Gasteiger partial charge on any atom is -0.384 e. The predicted octanol–water partition coefficient (Wildman–Crippen LogP) is 2.10. The summed E-state index contributed by atoms with van der Waals surface area (Å²) < 4.78 is 0. The van der Waals surface area contributed by atoms with E-state index in [4.69, 9.17) is 5.11 Å². The molecule has 2 aliphatic carbocycles. The number of carbonyl (C=O) groups excluding carboxylic acids is 1. The molecule has 2 aliphatic rings. The molecule has 2 atom stereocenters. The van der Waals surface area contributed by atoms with Crippen molar-refractivity contribution >= 4 is 17.2 Å². The number of thiophene rings is 1. The molecule has 3 nitrogen and oxygen atoms in total. The molecule has 1 amide bonds. The van der Waals surface area contributed by atoms with Crippen LogP contribution in [-0.2, 0) is 11.3 Å². The van der Waals surface area contributed by atoms with Crippen LogP contribution in [0.1, 0.15) is 29.7 Å². The normalized spacial score (nSPS) is 26.6. The molecule has 106 valence electrons. The van der Waals surface area contributed by atoms with E-state index in [-0.39, 0.29) is 6.61 Å². The second kappa shape index (κ2) is 5.59. The topological polar surface area (TPSA) is 40.5 Å². The van der Waals surface area contributed by atoms with Crippen molar-refractivity contribution in [3.63, 3.8) is 0 Å². The molecule has 1 N–H and O–H groups in total. The van der Waals surface area contributed by atoms with Gasteiger partial charge in [0.15, 0.2) is 0 Å². The number of hydrogen-bond acceptors (Lipinski definition) is 3. The lowest BCUT2D eigenvalue weighted by Crippen LogP contribution is -2.28. The average Bonchev–Trinajstić information content (AvgIpc) is 2.84. The van der Waals surface area contributed by atoms with E-state index in [1.807, 2.05) is 23.4 Å². The van der Waals surface area contributed by atoms with Crippen molar-refractivity contribution in [1.29, 1.82) is 0 Å². The third-order valence-corrected chi connectivity index (χ3v) is 5.33. The van der Waals surface area contributed by atoms with Gasteiger partial charge in [-0.3, -0.25) is 4.79 Å². The Kier molecular flexibility index (Phi) is 3.82. The first-order valence-corrected chi connectivity index (χ1v) is 8.01. The Labute approximate surface area is 123 Å². The predicted molar refractivity (Wildman–Crippen MR) is 79.1 cm³/mol. The van der Waals surface area contributed by atoms with E-state index >= 15 is 0 Å². The van der Waals surface area contributed by atoms with Gasteiger partial charge in [-0.1, -0.05) is 18.3 Å². The molecular weight excluding hydrogens is 270 g/mol. The fourth-order valence-electron chi connectivity index (χ4n) is 3.44. The summed E-state index contributed by atoms with van der Waals surface area (Å²) in [5, 5.41) is 10.7. The maximum Gasteiger partial charge on any atom is 0.226 e. The molecule has 4 heteroatoms. The number of hydrogen-bond donors (Lipinski definition) is 1. The second-order valence-corrected chi connectivity index (χ2v) is 6.67. The Balaban J connectivity index is 1.57. The highest BCUT2D eigenvalue weighted by molar-refractivity contribution is 7.10. The Morgan fingerprint density at radius 2 is 2.25 bits per heavy atom. The molecule has 0 saturated heterocycles. The SMILES string of the molecule is CN(Cc1csc(C#CCO)c1)C(=O)C1C2CCCC21. The van der Waals surface area contributed by atoms with Crippen LogP contribution in [0.5, 0.6) is 0 Å². The van der Waals surface area contributed by atoms with Gasteiger partial charge in [-0.2, -0.15) is 0 Å². The largest absolute Gasteiger partial charge is 0.384 e. The fraction of sp³-hybridized carbons (Fsp3) is 0.562. The Morgan fingerprint density at radius 3 is 2.95 bits per heavy atom. The fourth-order valence-corrected chi connectivity index (χ4v) is 4.22. The van der Waals surface area contributed by atoms with Gasteiger partial charge in [-0.25, -0.2) is 0 Å². The van der Waals surface area contributed by atoms with Crippen LogP contribution < -0.4 is 0 Å². The quantitative estimate of drug-likeness (QED) is 0.866. The molecule has 0 spiro atoms. The van der Waals surface area contributed by atoms with Gasteiger partial charge in [-0.05, 0) is 41.7 Å². The molecule has 1 aromatic heterocycles. The van der Waals surface area contributed by atoms with Crippen LogP contribution in [0.3, 0.4) is 0 Å². The zero-order valence-electron chi connectivity index (χ0n) is 11.6. The van der Waals surface area contributed by atoms with Crippen LogP contribution in [0.25, 0.3) is 0 Å². The van der Waals surface area contributed by atoms with Crippen molar-refractivity contribution in [3.8, 4) is 11.8 Å². The maximum atomic E-state index is 12.4. The van der Waals surface area contributed by atoms with Gasteiger partial charge in [0.25, 0.3) is 0 Å². The minimum atomic E-state index is -0.115. The smallest absolute Gasteiger partial charge is 0.226 e. The summed E-state index contributed by atoms with van der Waals surface area (Å²) in [6, 6.07) is 2.00. The summed E-state index contributed by atoms with van der Waals surface area (Å²) in [7, 11) is 1.90. The number of aliphatic hydroxyl groups is 1. The van der Waals surface area contributed by atoms with Crippen molar-refractivity contribution in [2.75, 3.05) is 13.7 Å². The third kappa shape index (κ3) is 2.61. The molecular formula is C16H19NO2S. The summed E-state index contributed by atoms with van der Waals surface area (Å²) >= 11 is 1.56. The highest BCUT2D eigenvalue weighted by atomic mass is 32.1. The summed E-state index contributed by atoms with van der Waals surface area (Å²) in [6.07, 6.45) is 3.79. The summed E-state index contributed by atoms with van der Waals surface area (Å²) in [5.74, 6) is 7.52. The molecule has 0 bridgehead atoms. The molecule has 0 aliphatic heterocycles. The van der Waals surface area contributed by atoms with E-state index in [0.717, 1.165) is 10.4 Å². The van der Waals surface area contributed by atoms with Crippen LogP contribution in [-0.4, -0.2) is 29.6 Å². The zero-order valence-corrected chi connectivity index (χ0v) is 12.4. The Bertz CT molecular complexity index is 559. The van der Waals surface area contributed by atoms with Gasteiger partial charge in [0.2, 0.25) is 5.91 Å². The van der Waals surface area contributed by atoms with Gasteiger partial charge in [0, 0.05) is 19.5 Å². The van der Waals surface area contributed by atoms with Gasteiger partial charge < -0.3 is 10.0 Å². The lowest BCUT2D eigenvalue weighted by molar-refractivity contribution is -0.132. The zero-order chi connectivity index (χ0) is 14.1. The Morgan fingerprint density at radius 1 is 1.50 bits per heavy atom. The van der Waals surface area contributed by atoms with Gasteiger partial charge in [0.05, 0.1) is 4.88 Å². The summed E-state index contributed by atoms with van der Waals surface area (Å²) in [6.45, 7) is 0.544. The van der Waals surface area contributed by atoms with Crippen LogP contribution in [0.4, 0.5) is 0 Å². The van der Waals surface area contributed by atoms with E-state index in [2.05, 4.69) is 11.8 Å². The van der Waals surface area contributed by atoms with E-state index in [0.29, 0.717) is 30.2 Å². The van der Waals surface area contributed by atoms with Crippen LogP contribution in [0.2, 0.25) is 0 Å². The van der Waals surface area contributed by atoms with Crippen molar-refractivity contribution in [2.24, 2.45) is 17.8 Å². The van der Waals surface area contributed by atoms with Crippen molar-refractivity contribution in [3.05, 3.63) is 21.9 Å². The van der Waals surface area contributed by atoms with Crippen LogP contribution >= 0.6 is 11.3 Å². The summed E-state index contributed by atoms with van der Waals surface area (Å²) in [4.78, 5) is 15.2. The molecule has 3 rings (SSSR count). The number of nitrogens with zero attached hydrogens (tertiary/aromatic N) is 1. The highest BCUT2D eigenvalue weighted by Crippen LogP contribution is 2.58.